The second-order valence-corrected chi connectivity index (χ2v) is 8.86. The molecule has 122 valence electrons. The average Bonchev–Trinajstić information content (AvgIpc) is 2.77. The van der Waals surface area contributed by atoms with Gasteiger partial charge in [0.1, 0.15) is 0 Å². The Balaban J connectivity index is 1.64. The van der Waals surface area contributed by atoms with E-state index in [0.717, 1.165) is 42.9 Å². The highest BCUT2D eigenvalue weighted by atomic mass is 16.3. The van der Waals surface area contributed by atoms with Crippen LogP contribution >= 0.6 is 0 Å². The molecule has 7 atom stereocenters. The summed E-state index contributed by atoms with van der Waals surface area (Å²) in [7, 11) is 0. The van der Waals surface area contributed by atoms with Crippen molar-refractivity contribution in [1.29, 1.82) is 0 Å². The van der Waals surface area contributed by atoms with Crippen LogP contribution in [0.3, 0.4) is 0 Å². The SMILES string of the molecule is C[C@@H]1C[C@@H](CO)[C@@]2(C)CC[C@H]3[C@@H](CCC4=CC(=O)CC[C@@H]43)[C@@H]12. The van der Waals surface area contributed by atoms with Crippen molar-refractivity contribution in [3.05, 3.63) is 11.6 Å². The van der Waals surface area contributed by atoms with E-state index in [1.54, 1.807) is 0 Å². The minimum Gasteiger partial charge on any atom is -0.396 e. The molecule has 0 saturated heterocycles. The molecule has 3 saturated carbocycles. The summed E-state index contributed by atoms with van der Waals surface area (Å²) < 4.78 is 0. The molecule has 4 aliphatic carbocycles. The largest absolute Gasteiger partial charge is 0.396 e. The molecule has 22 heavy (non-hydrogen) atoms. The highest BCUT2D eigenvalue weighted by Gasteiger charge is 2.58. The Hall–Kier alpha value is -0.630. The maximum atomic E-state index is 11.7. The van der Waals surface area contributed by atoms with Crippen LogP contribution in [0.1, 0.15) is 58.8 Å². The zero-order valence-corrected chi connectivity index (χ0v) is 14.1. The highest BCUT2D eigenvalue weighted by Crippen LogP contribution is 2.65. The standard InChI is InChI=1S/C20H30O2/c1-12-9-14(11-21)20(2)8-7-17-16-6-4-15(22)10-13(16)3-5-18(17)19(12)20/h10,12,14,16-19,21H,3-9,11H2,1-2H3/t12-,14+,16+,17-,18-,19-,20-/m1/s1. The van der Waals surface area contributed by atoms with Gasteiger partial charge in [0, 0.05) is 13.0 Å². The fourth-order valence-corrected chi connectivity index (χ4v) is 7.15. The van der Waals surface area contributed by atoms with E-state index >= 15 is 0 Å². The van der Waals surface area contributed by atoms with E-state index in [9.17, 15) is 9.90 Å². The predicted octanol–water partition coefficient (Wildman–Crippen LogP) is 3.98. The van der Waals surface area contributed by atoms with Gasteiger partial charge in [-0.1, -0.05) is 19.4 Å². The van der Waals surface area contributed by atoms with E-state index in [1.165, 1.54) is 31.3 Å². The molecule has 0 bridgehead atoms. The lowest BCUT2D eigenvalue weighted by Crippen LogP contribution is -2.48. The van der Waals surface area contributed by atoms with Crippen molar-refractivity contribution in [2.45, 2.75) is 58.8 Å². The summed E-state index contributed by atoms with van der Waals surface area (Å²) in [4.78, 5) is 11.7. The van der Waals surface area contributed by atoms with Gasteiger partial charge in [0.15, 0.2) is 5.78 Å². The first kappa shape index (κ1) is 14.9. The third-order valence-corrected chi connectivity index (χ3v) is 8.02. The number of ketones is 1. The van der Waals surface area contributed by atoms with Crippen LogP contribution in [0.25, 0.3) is 0 Å². The predicted molar refractivity (Wildman–Crippen MR) is 87.2 cm³/mol. The molecule has 0 aliphatic heterocycles. The minimum absolute atomic E-state index is 0.361. The molecule has 0 aromatic carbocycles. The molecule has 2 nitrogen and oxygen atoms in total. The lowest BCUT2D eigenvalue weighted by molar-refractivity contribution is -0.116. The van der Waals surface area contributed by atoms with Gasteiger partial charge in [-0.2, -0.15) is 0 Å². The number of rotatable bonds is 1. The van der Waals surface area contributed by atoms with Crippen molar-refractivity contribution in [3.63, 3.8) is 0 Å². The summed E-state index contributed by atoms with van der Waals surface area (Å²) in [5, 5.41) is 9.85. The molecule has 2 heteroatoms. The summed E-state index contributed by atoms with van der Waals surface area (Å²) in [6.45, 7) is 5.27. The Morgan fingerprint density at radius 3 is 2.82 bits per heavy atom. The van der Waals surface area contributed by atoms with Crippen LogP contribution in [-0.4, -0.2) is 17.5 Å². The van der Waals surface area contributed by atoms with Crippen molar-refractivity contribution < 1.29 is 9.90 Å². The summed E-state index contributed by atoms with van der Waals surface area (Å²) in [5.74, 6) is 4.76. The van der Waals surface area contributed by atoms with Gasteiger partial charge in [-0.25, -0.2) is 0 Å². The van der Waals surface area contributed by atoms with Gasteiger partial charge in [0.2, 0.25) is 0 Å². The van der Waals surface area contributed by atoms with E-state index in [2.05, 4.69) is 13.8 Å². The Kier molecular flexibility index (Phi) is 3.52. The molecule has 1 N–H and O–H groups in total. The van der Waals surface area contributed by atoms with E-state index in [1.807, 2.05) is 6.08 Å². The van der Waals surface area contributed by atoms with E-state index in [-0.39, 0.29) is 0 Å². The van der Waals surface area contributed by atoms with Gasteiger partial charge in [-0.3, -0.25) is 4.79 Å². The zero-order chi connectivity index (χ0) is 15.5. The third kappa shape index (κ3) is 1.99. The summed E-state index contributed by atoms with van der Waals surface area (Å²) in [5.41, 5.74) is 1.84. The van der Waals surface area contributed by atoms with Crippen LogP contribution in [0.15, 0.2) is 11.6 Å². The first-order chi connectivity index (χ1) is 10.5. The minimum atomic E-state index is 0.361. The van der Waals surface area contributed by atoms with Crippen molar-refractivity contribution in [2.24, 2.45) is 40.9 Å². The van der Waals surface area contributed by atoms with Gasteiger partial charge in [-0.05, 0) is 85.5 Å². The van der Waals surface area contributed by atoms with Crippen LogP contribution in [0.4, 0.5) is 0 Å². The quantitative estimate of drug-likeness (QED) is 0.795. The second kappa shape index (κ2) is 5.19. The number of carbonyl (C=O) groups excluding carboxylic acids is 1. The maximum Gasteiger partial charge on any atom is 0.155 e. The van der Waals surface area contributed by atoms with Crippen molar-refractivity contribution >= 4 is 5.78 Å². The summed E-state index contributed by atoms with van der Waals surface area (Å²) >= 11 is 0. The first-order valence-corrected chi connectivity index (χ1v) is 9.38. The molecular weight excluding hydrogens is 272 g/mol. The number of hydrogen-bond donors (Lipinski definition) is 1. The molecule has 0 spiro atoms. The molecule has 4 aliphatic rings. The Labute approximate surface area is 134 Å². The van der Waals surface area contributed by atoms with Crippen LogP contribution in [-0.2, 0) is 4.79 Å². The highest BCUT2D eigenvalue weighted by molar-refractivity contribution is 5.91. The number of aliphatic hydroxyl groups excluding tert-OH is 1. The van der Waals surface area contributed by atoms with E-state index < -0.39 is 0 Å². The van der Waals surface area contributed by atoms with Gasteiger partial charge in [0.05, 0.1) is 0 Å². The molecule has 3 fully saturated rings. The third-order valence-electron chi connectivity index (χ3n) is 8.02. The number of allylic oxidation sites excluding steroid dienone is 1. The van der Waals surface area contributed by atoms with E-state index in [0.29, 0.717) is 29.6 Å². The van der Waals surface area contributed by atoms with Crippen LogP contribution in [0.2, 0.25) is 0 Å². The molecule has 0 radical (unpaired) electrons. The molecular formula is C20H30O2. The molecule has 0 aromatic rings. The number of carbonyl (C=O) groups is 1. The zero-order valence-electron chi connectivity index (χ0n) is 14.1. The lowest BCUT2D eigenvalue weighted by Gasteiger charge is -2.54. The van der Waals surface area contributed by atoms with Gasteiger partial charge in [-0.15, -0.1) is 0 Å². The fraction of sp³-hybridized carbons (Fsp3) is 0.850. The Morgan fingerprint density at radius 2 is 2.05 bits per heavy atom. The van der Waals surface area contributed by atoms with Gasteiger partial charge < -0.3 is 5.11 Å². The fourth-order valence-electron chi connectivity index (χ4n) is 7.15. The smallest absolute Gasteiger partial charge is 0.155 e. The average molecular weight is 302 g/mol. The van der Waals surface area contributed by atoms with Crippen LogP contribution in [0.5, 0.6) is 0 Å². The first-order valence-electron chi connectivity index (χ1n) is 9.38. The molecule has 0 unspecified atom stereocenters. The maximum absolute atomic E-state index is 11.7. The van der Waals surface area contributed by atoms with E-state index in [4.69, 9.17) is 0 Å². The topological polar surface area (TPSA) is 37.3 Å². The summed E-state index contributed by atoms with van der Waals surface area (Å²) in [6, 6.07) is 0. The van der Waals surface area contributed by atoms with Crippen molar-refractivity contribution in [1.82, 2.24) is 0 Å². The normalized spacial score (nSPS) is 50.9. The Bertz CT molecular complexity index is 508. The lowest BCUT2D eigenvalue weighted by atomic mass is 9.50. The molecule has 0 aromatic heterocycles. The second-order valence-electron chi connectivity index (χ2n) is 8.86. The summed E-state index contributed by atoms with van der Waals surface area (Å²) in [6.07, 6.45) is 10.1. The van der Waals surface area contributed by atoms with Crippen molar-refractivity contribution in [2.75, 3.05) is 6.61 Å². The van der Waals surface area contributed by atoms with Crippen LogP contribution in [0, 0.1) is 40.9 Å². The van der Waals surface area contributed by atoms with Crippen LogP contribution < -0.4 is 0 Å². The van der Waals surface area contributed by atoms with Crippen molar-refractivity contribution in [3.8, 4) is 0 Å². The Morgan fingerprint density at radius 1 is 1.23 bits per heavy atom. The van der Waals surface area contributed by atoms with Gasteiger partial charge >= 0.3 is 0 Å². The molecule has 4 rings (SSSR count). The van der Waals surface area contributed by atoms with Gasteiger partial charge in [0.25, 0.3) is 0 Å². The molecule has 0 heterocycles. The monoisotopic (exact) mass is 302 g/mol. The number of hydrogen-bond acceptors (Lipinski definition) is 2. The number of aliphatic hydroxyl groups is 1. The number of fused-ring (bicyclic) bond motifs is 5. The molecule has 0 amide bonds.